The second-order valence-corrected chi connectivity index (χ2v) is 6.52. The van der Waals surface area contributed by atoms with Crippen LogP contribution in [-0.4, -0.2) is 29.5 Å². The molecular formula is C13H26N2OS. The molecule has 1 rings (SSSR count). The van der Waals surface area contributed by atoms with E-state index < -0.39 is 0 Å². The standard InChI is InChI=1S/C13H26N2OS/c1-10(2)7-8-17-9-13(16)15-12-5-3-11(14)4-6-12/h10-12H,3-9,14H2,1-2H3,(H,15,16). The summed E-state index contributed by atoms with van der Waals surface area (Å²) in [6.07, 6.45) is 5.38. The van der Waals surface area contributed by atoms with E-state index in [1.165, 1.54) is 6.42 Å². The molecule has 3 N–H and O–H groups in total. The largest absolute Gasteiger partial charge is 0.353 e. The summed E-state index contributed by atoms with van der Waals surface area (Å²) < 4.78 is 0. The van der Waals surface area contributed by atoms with E-state index in [2.05, 4.69) is 19.2 Å². The summed E-state index contributed by atoms with van der Waals surface area (Å²) in [6.45, 7) is 4.43. The molecule has 1 aliphatic carbocycles. The predicted molar refractivity (Wildman–Crippen MR) is 75.2 cm³/mol. The molecule has 0 aromatic heterocycles. The molecule has 0 saturated heterocycles. The molecule has 0 aromatic carbocycles. The average molecular weight is 258 g/mol. The number of carbonyl (C=O) groups is 1. The van der Waals surface area contributed by atoms with E-state index in [0.717, 1.165) is 37.4 Å². The van der Waals surface area contributed by atoms with Crippen LogP contribution >= 0.6 is 11.8 Å². The van der Waals surface area contributed by atoms with Gasteiger partial charge in [0, 0.05) is 12.1 Å². The molecule has 1 aliphatic rings. The van der Waals surface area contributed by atoms with E-state index in [1.807, 2.05) is 0 Å². The first kappa shape index (κ1) is 14.8. The summed E-state index contributed by atoms with van der Waals surface area (Å²) in [5, 5.41) is 3.11. The van der Waals surface area contributed by atoms with E-state index in [0.29, 0.717) is 17.8 Å². The van der Waals surface area contributed by atoms with Crippen LogP contribution in [0.4, 0.5) is 0 Å². The molecule has 1 amide bonds. The fourth-order valence-electron chi connectivity index (χ4n) is 2.02. The highest BCUT2D eigenvalue weighted by Crippen LogP contribution is 2.17. The van der Waals surface area contributed by atoms with Crippen LogP contribution in [0.15, 0.2) is 0 Å². The smallest absolute Gasteiger partial charge is 0.230 e. The van der Waals surface area contributed by atoms with Crippen molar-refractivity contribution in [1.82, 2.24) is 5.32 Å². The molecule has 0 radical (unpaired) electrons. The van der Waals surface area contributed by atoms with Gasteiger partial charge in [0.2, 0.25) is 5.91 Å². The van der Waals surface area contributed by atoms with Gasteiger partial charge in [-0.1, -0.05) is 13.8 Å². The van der Waals surface area contributed by atoms with Gasteiger partial charge in [-0.15, -0.1) is 0 Å². The third kappa shape index (κ3) is 6.94. The van der Waals surface area contributed by atoms with Crippen molar-refractivity contribution in [2.45, 2.75) is 58.0 Å². The Balaban J connectivity index is 2.04. The molecule has 0 heterocycles. The molecule has 0 unspecified atom stereocenters. The summed E-state index contributed by atoms with van der Waals surface area (Å²) in [4.78, 5) is 11.7. The lowest BCUT2D eigenvalue weighted by molar-refractivity contribution is -0.119. The minimum absolute atomic E-state index is 0.194. The Morgan fingerprint density at radius 2 is 2.00 bits per heavy atom. The van der Waals surface area contributed by atoms with Crippen molar-refractivity contribution < 1.29 is 4.79 Å². The molecule has 17 heavy (non-hydrogen) atoms. The zero-order valence-electron chi connectivity index (χ0n) is 11.1. The average Bonchev–Trinajstić information content (AvgIpc) is 2.27. The van der Waals surface area contributed by atoms with Gasteiger partial charge in [0.15, 0.2) is 0 Å². The fraction of sp³-hybridized carbons (Fsp3) is 0.923. The van der Waals surface area contributed by atoms with Gasteiger partial charge in [-0.2, -0.15) is 11.8 Å². The van der Waals surface area contributed by atoms with Crippen LogP contribution < -0.4 is 11.1 Å². The van der Waals surface area contributed by atoms with Crippen molar-refractivity contribution in [1.29, 1.82) is 0 Å². The molecule has 4 heteroatoms. The topological polar surface area (TPSA) is 55.1 Å². The van der Waals surface area contributed by atoms with Crippen LogP contribution in [0.2, 0.25) is 0 Å². The van der Waals surface area contributed by atoms with Crippen molar-refractivity contribution in [2.75, 3.05) is 11.5 Å². The van der Waals surface area contributed by atoms with Crippen molar-refractivity contribution >= 4 is 17.7 Å². The number of rotatable bonds is 6. The van der Waals surface area contributed by atoms with Crippen LogP contribution in [0.25, 0.3) is 0 Å². The van der Waals surface area contributed by atoms with Crippen LogP contribution in [0.5, 0.6) is 0 Å². The molecular weight excluding hydrogens is 232 g/mol. The Hall–Kier alpha value is -0.220. The Kier molecular flexibility index (Phi) is 6.97. The number of hydrogen-bond acceptors (Lipinski definition) is 3. The molecule has 0 spiro atoms. The summed E-state index contributed by atoms with van der Waals surface area (Å²) >= 11 is 1.74. The molecule has 1 fully saturated rings. The van der Waals surface area contributed by atoms with E-state index in [1.54, 1.807) is 11.8 Å². The summed E-state index contributed by atoms with van der Waals surface area (Å²) in [5.74, 6) is 2.61. The highest BCUT2D eigenvalue weighted by molar-refractivity contribution is 7.99. The molecule has 3 nitrogen and oxygen atoms in total. The summed E-state index contributed by atoms with van der Waals surface area (Å²) in [5.41, 5.74) is 5.84. The third-order valence-corrected chi connectivity index (χ3v) is 4.20. The van der Waals surface area contributed by atoms with Crippen LogP contribution in [-0.2, 0) is 4.79 Å². The Morgan fingerprint density at radius 1 is 1.35 bits per heavy atom. The minimum atomic E-state index is 0.194. The molecule has 0 aromatic rings. The number of amides is 1. The SMILES string of the molecule is CC(C)CCSCC(=O)NC1CCC(N)CC1. The highest BCUT2D eigenvalue weighted by atomic mass is 32.2. The highest BCUT2D eigenvalue weighted by Gasteiger charge is 2.19. The van der Waals surface area contributed by atoms with Crippen LogP contribution in [0.1, 0.15) is 46.0 Å². The predicted octanol–water partition coefficient (Wildman–Crippen LogP) is 2.15. The maximum atomic E-state index is 11.7. The third-order valence-electron chi connectivity index (χ3n) is 3.21. The fourth-order valence-corrected chi connectivity index (χ4v) is 3.07. The summed E-state index contributed by atoms with van der Waals surface area (Å²) in [6, 6.07) is 0.719. The number of carbonyl (C=O) groups excluding carboxylic acids is 1. The lowest BCUT2D eigenvalue weighted by Crippen LogP contribution is -2.41. The normalized spacial score (nSPS) is 24.9. The van der Waals surface area contributed by atoms with Crippen molar-refractivity contribution in [2.24, 2.45) is 11.7 Å². The number of thioether (sulfide) groups is 1. The monoisotopic (exact) mass is 258 g/mol. The lowest BCUT2D eigenvalue weighted by Gasteiger charge is -2.26. The van der Waals surface area contributed by atoms with Gasteiger partial charge >= 0.3 is 0 Å². The van der Waals surface area contributed by atoms with Crippen molar-refractivity contribution in [3.05, 3.63) is 0 Å². The molecule has 0 bridgehead atoms. The minimum Gasteiger partial charge on any atom is -0.353 e. The van der Waals surface area contributed by atoms with Gasteiger partial charge in [0.25, 0.3) is 0 Å². The molecule has 1 saturated carbocycles. The van der Waals surface area contributed by atoms with Gasteiger partial charge in [-0.05, 0) is 43.8 Å². The van der Waals surface area contributed by atoms with Crippen LogP contribution in [0.3, 0.4) is 0 Å². The zero-order chi connectivity index (χ0) is 12.7. The second-order valence-electron chi connectivity index (χ2n) is 5.41. The first-order valence-electron chi connectivity index (χ1n) is 6.70. The first-order valence-corrected chi connectivity index (χ1v) is 7.86. The van der Waals surface area contributed by atoms with Gasteiger partial charge in [-0.3, -0.25) is 4.79 Å². The first-order chi connectivity index (χ1) is 8.08. The molecule has 0 atom stereocenters. The maximum Gasteiger partial charge on any atom is 0.230 e. The Labute approximate surface area is 109 Å². The molecule has 100 valence electrons. The number of nitrogens with one attached hydrogen (secondary N) is 1. The van der Waals surface area contributed by atoms with Crippen molar-refractivity contribution in [3.63, 3.8) is 0 Å². The van der Waals surface area contributed by atoms with Gasteiger partial charge < -0.3 is 11.1 Å². The van der Waals surface area contributed by atoms with Gasteiger partial charge in [0.1, 0.15) is 0 Å². The maximum absolute atomic E-state index is 11.7. The molecule has 0 aliphatic heterocycles. The van der Waals surface area contributed by atoms with Crippen molar-refractivity contribution in [3.8, 4) is 0 Å². The summed E-state index contributed by atoms with van der Waals surface area (Å²) in [7, 11) is 0. The van der Waals surface area contributed by atoms with Gasteiger partial charge in [0.05, 0.1) is 5.75 Å². The quantitative estimate of drug-likeness (QED) is 0.718. The second kappa shape index (κ2) is 7.98. The zero-order valence-corrected chi connectivity index (χ0v) is 11.9. The van der Waals surface area contributed by atoms with E-state index >= 15 is 0 Å². The van der Waals surface area contributed by atoms with E-state index in [4.69, 9.17) is 5.73 Å². The number of nitrogens with two attached hydrogens (primary N) is 1. The van der Waals surface area contributed by atoms with E-state index in [-0.39, 0.29) is 5.91 Å². The van der Waals surface area contributed by atoms with Gasteiger partial charge in [-0.25, -0.2) is 0 Å². The Morgan fingerprint density at radius 3 is 2.59 bits per heavy atom. The lowest BCUT2D eigenvalue weighted by atomic mass is 9.92. The van der Waals surface area contributed by atoms with Crippen LogP contribution in [0, 0.1) is 5.92 Å². The van der Waals surface area contributed by atoms with E-state index in [9.17, 15) is 4.79 Å². The Bertz CT molecular complexity index is 225. The number of hydrogen-bond donors (Lipinski definition) is 2.